The number of nitrogens with zero attached hydrogens (tertiary/aromatic N) is 1. The topological polar surface area (TPSA) is 68.7 Å². The van der Waals surface area contributed by atoms with E-state index < -0.39 is 0 Å². The Labute approximate surface area is 165 Å². The van der Waals surface area contributed by atoms with Crippen molar-refractivity contribution in [1.29, 1.82) is 5.26 Å². The molecule has 0 atom stereocenters. The van der Waals surface area contributed by atoms with Crippen molar-refractivity contribution in [2.24, 2.45) is 0 Å². The largest absolute Gasteiger partial charge is 0.354 e. The van der Waals surface area contributed by atoms with Gasteiger partial charge in [0.05, 0.1) is 5.56 Å². The number of fused-ring (bicyclic) bond motifs is 1. The zero-order valence-corrected chi connectivity index (χ0v) is 15.6. The molecule has 1 amide bonds. The number of anilines is 1. The van der Waals surface area contributed by atoms with Gasteiger partial charge in [0.1, 0.15) is 16.9 Å². The minimum atomic E-state index is -0.287. The number of aryl methyl sites for hydroxylation is 1. The molecule has 0 aliphatic rings. The summed E-state index contributed by atoms with van der Waals surface area (Å²) in [5, 5.41) is 15.3. The Morgan fingerprint density at radius 3 is 2.71 bits per heavy atom. The highest BCUT2D eigenvalue weighted by molar-refractivity contribution is 7.14. The Kier molecular flexibility index (Phi) is 4.92. The molecular weight excluding hydrogens is 373 g/mol. The van der Waals surface area contributed by atoms with E-state index in [4.69, 9.17) is 5.26 Å². The maximum atomic E-state index is 13.3. The van der Waals surface area contributed by atoms with E-state index >= 15 is 0 Å². The minimum Gasteiger partial charge on any atom is -0.354 e. The van der Waals surface area contributed by atoms with Gasteiger partial charge in [-0.15, -0.1) is 11.3 Å². The number of para-hydroxylation sites is 1. The zero-order valence-electron chi connectivity index (χ0n) is 14.8. The number of thiophene rings is 1. The predicted molar refractivity (Wildman–Crippen MR) is 110 cm³/mol. The van der Waals surface area contributed by atoms with E-state index in [2.05, 4.69) is 16.4 Å². The van der Waals surface area contributed by atoms with Crippen molar-refractivity contribution in [2.45, 2.75) is 12.8 Å². The number of carbonyl (C=O) groups is 1. The number of benzene rings is 2. The first-order valence-corrected chi connectivity index (χ1v) is 9.66. The summed E-state index contributed by atoms with van der Waals surface area (Å²) in [6.45, 7) is 0. The van der Waals surface area contributed by atoms with E-state index in [0.29, 0.717) is 17.0 Å². The summed E-state index contributed by atoms with van der Waals surface area (Å²) < 4.78 is 13.3. The second kappa shape index (κ2) is 7.67. The molecule has 0 aliphatic carbocycles. The summed E-state index contributed by atoms with van der Waals surface area (Å²) in [6.07, 6.45) is 0.800. The number of aromatic nitrogens is 1. The van der Waals surface area contributed by atoms with Crippen LogP contribution in [0, 0.1) is 17.1 Å². The predicted octanol–water partition coefficient (Wildman–Crippen LogP) is 5.48. The van der Waals surface area contributed by atoms with Gasteiger partial charge in [-0.05, 0) is 59.3 Å². The lowest BCUT2D eigenvalue weighted by molar-refractivity contribution is -0.116. The Morgan fingerprint density at radius 1 is 1.14 bits per heavy atom. The number of rotatable bonds is 5. The van der Waals surface area contributed by atoms with Gasteiger partial charge in [0.15, 0.2) is 0 Å². The molecule has 28 heavy (non-hydrogen) atoms. The van der Waals surface area contributed by atoms with Crippen molar-refractivity contribution in [3.05, 3.63) is 76.9 Å². The van der Waals surface area contributed by atoms with Crippen LogP contribution in [-0.2, 0) is 11.2 Å². The second-order valence-corrected chi connectivity index (χ2v) is 7.27. The summed E-state index contributed by atoms with van der Waals surface area (Å²) in [6, 6.07) is 18.0. The van der Waals surface area contributed by atoms with Crippen LogP contribution in [0.3, 0.4) is 0 Å². The first-order chi connectivity index (χ1) is 13.7. The third-order valence-electron chi connectivity index (χ3n) is 4.59. The van der Waals surface area contributed by atoms with Crippen LogP contribution in [0.2, 0.25) is 0 Å². The number of H-pyrrole nitrogens is 1. The average Bonchev–Trinajstić information content (AvgIpc) is 3.31. The van der Waals surface area contributed by atoms with Crippen molar-refractivity contribution in [2.75, 3.05) is 5.32 Å². The zero-order chi connectivity index (χ0) is 19.5. The van der Waals surface area contributed by atoms with Crippen LogP contribution in [0.1, 0.15) is 17.5 Å². The van der Waals surface area contributed by atoms with Crippen LogP contribution >= 0.6 is 11.3 Å². The van der Waals surface area contributed by atoms with Gasteiger partial charge in [-0.2, -0.15) is 5.26 Å². The first-order valence-electron chi connectivity index (χ1n) is 8.78. The molecule has 4 aromatic rings. The van der Waals surface area contributed by atoms with Gasteiger partial charge in [-0.1, -0.05) is 18.2 Å². The molecule has 0 saturated heterocycles. The number of hydrogen-bond donors (Lipinski definition) is 2. The number of hydrogen-bond acceptors (Lipinski definition) is 3. The van der Waals surface area contributed by atoms with Gasteiger partial charge in [0, 0.05) is 23.0 Å². The molecule has 2 heterocycles. The summed E-state index contributed by atoms with van der Waals surface area (Å²) >= 11 is 1.33. The van der Waals surface area contributed by atoms with E-state index in [9.17, 15) is 9.18 Å². The molecule has 4 rings (SSSR count). The third-order valence-corrected chi connectivity index (χ3v) is 5.42. The molecule has 6 heteroatoms. The Hall–Kier alpha value is -3.43. The number of carbonyl (C=O) groups excluding carboxylic acids is 1. The quantitative estimate of drug-likeness (QED) is 0.475. The monoisotopic (exact) mass is 389 g/mol. The summed E-state index contributed by atoms with van der Waals surface area (Å²) in [7, 11) is 0. The maximum absolute atomic E-state index is 13.3. The van der Waals surface area contributed by atoms with Gasteiger partial charge in [0.2, 0.25) is 5.91 Å². The van der Waals surface area contributed by atoms with Crippen LogP contribution in [0.25, 0.3) is 22.2 Å². The SMILES string of the molecule is N#Cc1ccsc1NC(=O)CCc1c(-c2ccc(F)cc2)[nH]c2ccccc12. The van der Waals surface area contributed by atoms with Crippen molar-refractivity contribution < 1.29 is 9.18 Å². The maximum Gasteiger partial charge on any atom is 0.225 e. The smallest absolute Gasteiger partial charge is 0.225 e. The molecule has 0 saturated carbocycles. The Morgan fingerprint density at radius 2 is 1.93 bits per heavy atom. The highest BCUT2D eigenvalue weighted by atomic mass is 32.1. The number of aromatic amines is 1. The van der Waals surface area contributed by atoms with Crippen molar-refractivity contribution in [3.63, 3.8) is 0 Å². The molecule has 0 fully saturated rings. The molecule has 0 spiro atoms. The number of nitriles is 1. The van der Waals surface area contributed by atoms with Crippen LogP contribution in [-0.4, -0.2) is 10.9 Å². The van der Waals surface area contributed by atoms with Gasteiger partial charge in [0.25, 0.3) is 0 Å². The van der Waals surface area contributed by atoms with Crippen LogP contribution in [0.4, 0.5) is 9.39 Å². The summed E-state index contributed by atoms with van der Waals surface area (Å²) in [5.74, 6) is -0.431. The van der Waals surface area contributed by atoms with Gasteiger partial charge in [-0.25, -0.2) is 4.39 Å². The third kappa shape index (κ3) is 3.53. The molecule has 2 N–H and O–H groups in total. The highest BCUT2D eigenvalue weighted by Gasteiger charge is 2.15. The normalized spacial score (nSPS) is 10.7. The van der Waals surface area contributed by atoms with Crippen molar-refractivity contribution in [1.82, 2.24) is 4.98 Å². The van der Waals surface area contributed by atoms with E-state index in [1.54, 1.807) is 23.6 Å². The molecular formula is C22H16FN3OS. The standard InChI is InChI=1S/C22H16FN3OS/c23-16-7-5-14(6-8-16)21-18(17-3-1-2-4-19(17)25-21)9-10-20(27)26-22-15(13-24)11-12-28-22/h1-8,11-12,25H,9-10H2,(H,26,27). The molecule has 0 bridgehead atoms. The lowest BCUT2D eigenvalue weighted by Gasteiger charge is -2.07. The van der Waals surface area contributed by atoms with Gasteiger partial charge in [-0.3, -0.25) is 4.79 Å². The van der Waals surface area contributed by atoms with E-state index in [-0.39, 0.29) is 18.1 Å². The summed E-state index contributed by atoms with van der Waals surface area (Å²) in [4.78, 5) is 15.8. The Balaban J connectivity index is 1.61. The average molecular weight is 389 g/mol. The fourth-order valence-electron chi connectivity index (χ4n) is 3.24. The summed E-state index contributed by atoms with van der Waals surface area (Å²) in [5.41, 5.74) is 4.23. The molecule has 2 aromatic heterocycles. The lowest BCUT2D eigenvalue weighted by Crippen LogP contribution is -2.12. The molecule has 0 aliphatic heterocycles. The van der Waals surface area contributed by atoms with Crippen LogP contribution < -0.4 is 5.32 Å². The number of nitrogens with one attached hydrogen (secondary N) is 2. The first kappa shape index (κ1) is 18.0. The van der Waals surface area contributed by atoms with Crippen molar-refractivity contribution in [3.8, 4) is 17.3 Å². The Bertz CT molecular complexity index is 1180. The highest BCUT2D eigenvalue weighted by Crippen LogP contribution is 2.31. The van der Waals surface area contributed by atoms with Crippen LogP contribution in [0.5, 0.6) is 0 Å². The molecule has 0 unspecified atom stereocenters. The minimum absolute atomic E-state index is 0.144. The second-order valence-electron chi connectivity index (χ2n) is 6.35. The van der Waals surface area contributed by atoms with E-state index in [0.717, 1.165) is 27.7 Å². The fourth-order valence-corrected chi connectivity index (χ4v) is 4.00. The number of halogens is 1. The molecule has 4 nitrogen and oxygen atoms in total. The molecule has 0 radical (unpaired) electrons. The fraction of sp³-hybridized carbons (Fsp3) is 0.0909. The number of amides is 1. The van der Waals surface area contributed by atoms with Crippen molar-refractivity contribution >= 4 is 33.1 Å². The van der Waals surface area contributed by atoms with Gasteiger partial charge < -0.3 is 10.3 Å². The molecule has 2 aromatic carbocycles. The molecule has 138 valence electrons. The van der Waals surface area contributed by atoms with E-state index in [1.165, 1.54) is 23.5 Å². The lowest BCUT2D eigenvalue weighted by atomic mass is 10.0. The van der Waals surface area contributed by atoms with Gasteiger partial charge >= 0.3 is 0 Å². The van der Waals surface area contributed by atoms with Crippen LogP contribution in [0.15, 0.2) is 60.0 Å². The van der Waals surface area contributed by atoms with E-state index in [1.807, 2.05) is 24.3 Å².